The molecule has 0 aromatic carbocycles. The maximum Gasteiger partial charge on any atom is 0.239 e. The lowest BCUT2D eigenvalue weighted by Gasteiger charge is -2.20. The zero-order valence-electron chi connectivity index (χ0n) is 12.8. The summed E-state index contributed by atoms with van der Waals surface area (Å²) in [5.41, 5.74) is 1.69. The van der Waals surface area contributed by atoms with Crippen molar-refractivity contribution in [2.24, 2.45) is 0 Å². The number of carbonyl (C=O) groups excluding carboxylic acids is 1. The molecule has 1 aromatic rings. The first-order chi connectivity index (χ1) is 10.3. The van der Waals surface area contributed by atoms with Crippen LogP contribution in [-0.2, 0) is 4.79 Å². The van der Waals surface area contributed by atoms with Crippen molar-refractivity contribution in [3.63, 3.8) is 0 Å². The quantitative estimate of drug-likeness (QED) is 0.595. The fourth-order valence-corrected chi connectivity index (χ4v) is 4.51. The van der Waals surface area contributed by atoms with Crippen molar-refractivity contribution >= 4 is 34.1 Å². The number of rotatable bonds is 10. The van der Waals surface area contributed by atoms with Crippen LogP contribution in [-0.4, -0.2) is 27.2 Å². The van der Waals surface area contributed by atoms with Gasteiger partial charge in [0, 0.05) is 0 Å². The van der Waals surface area contributed by atoms with Gasteiger partial charge in [0.15, 0.2) is 0 Å². The lowest BCUT2D eigenvalue weighted by atomic mass is 10.1. The van der Waals surface area contributed by atoms with Crippen LogP contribution in [0.2, 0.25) is 0 Å². The normalized spacial score (nSPS) is 18.6. The van der Waals surface area contributed by atoms with E-state index < -0.39 is 0 Å². The van der Waals surface area contributed by atoms with Gasteiger partial charge in [-0.1, -0.05) is 69.6 Å². The first kappa shape index (κ1) is 16.7. The van der Waals surface area contributed by atoms with Crippen molar-refractivity contribution in [2.75, 3.05) is 10.7 Å². The summed E-state index contributed by atoms with van der Waals surface area (Å²) in [5, 5.41) is 8.92. The fraction of sp³-hybridized carbons (Fsp3) is 0.800. The van der Waals surface area contributed by atoms with E-state index in [1.165, 1.54) is 62.7 Å². The molecule has 21 heavy (non-hydrogen) atoms. The van der Waals surface area contributed by atoms with Crippen molar-refractivity contribution in [1.29, 1.82) is 0 Å². The van der Waals surface area contributed by atoms with E-state index in [-0.39, 0.29) is 11.3 Å². The number of thioether (sulfide) groups is 1. The van der Waals surface area contributed by atoms with E-state index in [4.69, 9.17) is 0 Å². The topological polar surface area (TPSA) is 46.1 Å². The Morgan fingerprint density at radius 3 is 2.57 bits per heavy atom. The summed E-state index contributed by atoms with van der Waals surface area (Å²) in [6.45, 7) is 2.25. The Kier molecular flexibility index (Phi) is 7.50. The summed E-state index contributed by atoms with van der Waals surface area (Å²) in [5.74, 6) is 0.766. The average Bonchev–Trinajstić information content (AvgIpc) is 3.11. The zero-order valence-corrected chi connectivity index (χ0v) is 14.4. The van der Waals surface area contributed by atoms with Crippen LogP contribution in [0, 0.1) is 0 Å². The summed E-state index contributed by atoms with van der Waals surface area (Å²) in [4.78, 5) is 13.8. The Bertz CT molecular complexity index is 411. The highest BCUT2D eigenvalue weighted by atomic mass is 32.2. The zero-order chi connectivity index (χ0) is 14.9. The highest BCUT2D eigenvalue weighted by Gasteiger charge is 2.34. The van der Waals surface area contributed by atoms with Crippen molar-refractivity contribution in [1.82, 2.24) is 10.2 Å². The summed E-state index contributed by atoms with van der Waals surface area (Å²) >= 11 is 3.20. The maximum atomic E-state index is 12.0. The van der Waals surface area contributed by atoms with Gasteiger partial charge in [-0.15, -0.1) is 22.0 Å². The standard InChI is InChI=1S/C15H25N3OS2/c1-2-3-4-5-6-7-8-9-10-14-18(13(19)11-20-14)15-17-16-12-21-15/h12,14H,2-11H2,1H3/t14-/m0/s1. The Labute approximate surface area is 135 Å². The van der Waals surface area contributed by atoms with Gasteiger partial charge in [-0.2, -0.15) is 0 Å². The first-order valence-corrected chi connectivity index (χ1v) is 9.95. The van der Waals surface area contributed by atoms with E-state index in [1.807, 2.05) is 4.90 Å². The minimum Gasteiger partial charge on any atom is -0.273 e. The second kappa shape index (κ2) is 9.41. The minimum atomic E-state index is 0.182. The van der Waals surface area contributed by atoms with E-state index >= 15 is 0 Å². The van der Waals surface area contributed by atoms with Gasteiger partial charge in [0.25, 0.3) is 0 Å². The number of hydrogen-bond donors (Lipinski definition) is 0. The molecule has 0 N–H and O–H groups in total. The molecule has 2 heterocycles. The monoisotopic (exact) mass is 327 g/mol. The SMILES string of the molecule is CCCCCCCCCC[C@@H]1SCC(=O)N1c1nncs1. The van der Waals surface area contributed by atoms with E-state index in [2.05, 4.69) is 17.1 Å². The van der Waals surface area contributed by atoms with E-state index in [1.54, 1.807) is 17.3 Å². The highest BCUT2D eigenvalue weighted by Crippen LogP contribution is 2.34. The number of unbranched alkanes of at least 4 members (excludes halogenated alkanes) is 7. The molecule has 1 amide bonds. The molecule has 2 rings (SSSR count). The minimum absolute atomic E-state index is 0.182. The van der Waals surface area contributed by atoms with Crippen LogP contribution in [0.1, 0.15) is 64.7 Å². The second-order valence-corrected chi connectivity index (χ2v) is 7.49. The fourth-order valence-electron chi connectivity index (χ4n) is 2.64. The molecular weight excluding hydrogens is 302 g/mol. The summed E-state index contributed by atoms with van der Waals surface area (Å²) in [6, 6.07) is 0. The molecule has 1 aliphatic heterocycles. The first-order valence-electron chi connectivity index (χ1n) is 8.02. The maximum absolute atomic E-state index is 12.0. The van der Waals surface area contributed by atoms with Crippen molar-refractivity contribution in [3.05, 3.63) is 5.51 Å². The lowest BCUT2D eigenvalue weighted by Crippen LogP contribution is -2.32. The van der Waals surface area contributed by atoms with E-state index in [0.717, 1.165) is 11.6 Å². The average molecular weight is 328 g/mol. The molecule has 0 unspecified atom stereocenters. The number of hydrogen-bond acceptors (Lipinski definition) is 5. The Morgan fingerprint density at radius 1 is 1.19 bits per heavy atom. The Hall–Kier alpha value is -0.620. The number of nitrogens with zero attached hydrogens (tertiary/aromatic N) is 3. The van der Waals surface area contributed by atoms with Crippen LogP contribution in [0.4, 0.5) is 5.13 Å². The summed E-state index contributed by atoms with van der Waals surface area (Å²) in [6.07, 6.45) is 11.7. The molecular formula is C15H25N3OS2. The van der Waals surface area contributed by atoms with Crippen LogP contribution >= 0.6 is 23.1 Å². The van der Waals surface area contributed by atoms with Crippen LogP contribution < -0.4 is 4.90 Å². The Balaban J connectivity index is 1.63. The molecule has 1 aliphatic rings. The molecule has 0 aliphatic carbocycles. The Morgan fingerprint density at radius 2 is 1.90 bits per heavy atom. The van der Waals surface area contributed by atoms with Gasteiger partial charge < -0.3 is 0 Å². The molecule has 0 bridgehead atoms. The highest BCUT2D eigenvalue weighted by molar-refractivity contribution is 8.01. The summed E-state index contributed by atoms with van der Waals surface area (Å²) in [7, 11) is 0. The second-order valence-electron chi connectivity index (χ2n) is 5.51. The molecule has 4 nitrogen and oxygen atoms in total. The third kappa shape index (κ3) is 5.25. The van der Waals surface area contributed by atoms with Crippen LogP contribution in [0.3, 0.4) is 0 Å². The third-order valence-electron chi connectivity index (χ3n) is 3.82. The van der Waals surface area contributed by atoms with E-state index in [0.29, 0.717) is 5.75 Å². The van der Waals surface area contributed by atoms with Crippen molar-refractivity contribution in [2.45, 2.75) is 70.1 Å². The predicted octanol–water partition coefficient (Wildman–Crippen LogP) is 4.47. The molecule has 1 aromatic heterocycles. The van der Waals surface area contributed by atoms with Crippen LogP contribution in [0.5, 0.6) is 0 Å². The number of amides is 1. The van der Waals surface area contributed by atoms with Gasteiger partial charge in [0.1, 0.15) is 5.51 Å². The van der Waals surface area contributed by atoms with Gasteiger partial charge in [-0.05, 0) is 6.42 Å². The van der Waals surface area contributed by atoms with Gasteiger partial charge >= 0.3 is 0 Å². The number of carbonyl (C=O) groups is 1. The van der Waals surface area contributed by atoms with E-state index in [9.17, 15) is 4.79 Å². The molecule has 0 radical (unpaired) electrons. The number of anilines is 1. The molecule has 118 valence electrons. The predicted molar refractivity (Wildman–Crippen MR) is 90.9 cm³/mol. The lowest BCUT2D eigenvalue weighted by molar-refractivity contribution is -0.115. The number of aromatic nitrogens is 2. The summed E-state index contributed by atoms with van der Waals surface area (Å²) < 4.78 is 0. The smallest absolute Gasteiger partial charge is 0.239 e. The molecule has 0 saturated carbocycles. The van der Waals surface area contributed by atoms with Crippen molar-refractivity contribution < 1.29 is 4.79 Å². The van der Waals surface area contributed by atoms with Gasteiger partial charge in [0.2, 0.25) is 11.0 Å². The largest absolute Gasteiger partial charge is 0.273 e. The van der Waals surface area contributed by atoms with Crippen LogP contribution in [0.25, 0.3) is 0 Å². The molecule has 0 spiro atoms. The third-order valence-corrected chi connectivity index (χ3v) is 5.75. The molecule has 1 saturated heterocycles. The van der Waals surface area contributed by atoms with Gasteiger partial charge in [-0.3, -0.25) is 9.69 Å². The van der Waals surface area contributed by atoms with Gasteiger partial charge in [0.05, 0.1) is 11.1 Å². The molecule has 1 fully saturated rings. The van der Waals surface area contributed by atoms with Gasteiger partial charge in [-0.25, -0.2) is 0 Å². The molecule has 1 atom stereocenters. The van der Waals surface area contributed by atoms with Crippen LogP contribution in [0.15, 0.2) is 5.51 Å². The molecule has 6 heteroatoms. The van der Waals surface area contributed by atoms with Crippen molar-refractivity contribution in [3.8, 4) is 0 Å².